The molecular formula is C17H22ClN3. The van der Waals surface area contributed by atoms with Gasteiger partial charge >= 0.3 is 0 Å². The van der Waals surface area contributed by atoms with Crippen molar-refractivity contribution in [2.75, 3.05) is 5.32 Å². The van der Waals surface area contributed by atoms with Crippen molar-refractivity contribution in [1.29, 1.82) is 0 Å². The largest absolute Gasteiger partial charge is 0.340 e. The minimum absolute atomic E-state index is 0.269. The van der Waals surface area contributed by atoms with E-state index in [0.717, 1.165) is 23.5 Å². The molecule has 0 aliphatic heterocycles. The van der Waals surface area contributed by atoms with Crippen LogP contribution in [0.3, 0.4) is 0 Å². The highest BCUT2D eigenvalue weighted by molar-refractivity contribution is 6.30. The highest BCUT2D eigenvalue weighted by atomic mass is 35.5. The maximum absolute atomic E-state index is 6.18. The molecule has 112 valence electrons. The summed E-state index contributed by atoms with van der Waals surface area (Å²) in [7, 11) is 0. The lowest BCUT2D eigenvalue weighted by atomic mass is 10.1. The van der Waals surface area contributed by atoms with Crippen LogP contribution in [0.15, 0.2) is 30.6 Å². The summed E-state index contributed by atoms with van der Waals surface area (Å²) in [5.41, 5.74) is 3.34. The van der Waals surface area contributed by atoms with Crippen molar-refractivity contribution in [3.8, 4) is 0 Å². The fourth-order valence-electron chi connectivity index (χ4n) is 2.26. The van der Waals surface area contributed by atoms with Gasteiger partial charge in [-0.1, -0.05) is 50.9 Å². The smallest absolute Gasteiger partial charge is 0.138 e. The van der Waals surface area contributed by atoms with Gasteiger partial charge in [0, 0.05) is 11.3 Å². The summed E-state index contributed by atoms with van der Waals surface area (Å²) in [6.07, 6.45) is 5.07. The van der Waals surface area contributed by atoms with Gasteiger partial charge in [0.25, 0.3) is 0 Å². The Hall–Kier alpha value is -1.61. The third-order valence-corrected chi connectivity index (χ3v) is 3.75. The summed E-state index contributed by atoms with van der Waals surface area (Å²) < 4.78 is 0. The molecule has 0 aliphatic carbocycles. The van der Waals surface area contributed by atoms with Gasteiger partial charge in [0.1, 0.15) is 17.3 Å². The van der Waals surface area contributed by atoms with Crippen LogP contribution in [0.2, 0.25) is 5.15 Å². The first kappa shape index (κ1) is 15.8. The van der Waals surface area contributed by atoms with Crippen LogP contribution >= 0.6 is 11.6 Å². The molecule has 2 aromatic rings. The van der Waals surface area contributed by atoms with E-state index in [4.69, 9.17) is 11.6 Å². The van der Waals surface area contributed by atoms with Gasteiger partial charge in [-0.25, -0.2) is 9.97 Å². The molecule has 1 N–H and O–H groups in total. The van der Waals surface area contributed by atoms with E-state index in [1.165, 1.54) is 24.7 Å². The van der Waals surface area contributed by atoms with E-state index < -0.39 is 0 Å². The maximum atomic E-state index is 6.18. The fourth-order valence-corrected chi connectivity index (χ4v) is 2.61. The summed E-state index contributed by atoms with van der Waals surface area (Å²) >= 11 is 6.18. The molecule has 1 aromatic carbocycles. The van der Waals surface area contributed by atoms with E-state index in [-0.39, 0.29) is 5.92 Å². The number of nitrogens with one attached hydrogen (secondary N) is 1. The van der Waals surface area contributed by atoms with Crippen LogP contribution in [-0.4, -0.2) is 9.97 Å². The van der Waals surface area contributed by atoms with E-state index >= 15 is 0 Å². The molecule has 0 amide bonds. The first-order chi connectivity index (χ1) is 10.1. The lowest BCUT2D eigenvalue weighted by Crippen LogP contribution is -2.03. The molecule has 0 saturated carbocycles. The van der Waals surface area contributed by atoms with E-state index in [1.807, 2.05) is 0 Å². The van der Waals surface area contributed by atoms with Crippen molar-refractivity contribution in [2.45, 2.75) is 46.0 Å². The monoisotopic (exact) mass is 303 g/mol. The summed E-state index contributed by atoms with van der Waals surface area (Å²) in [6, 6.07) is 8.50. The molecule has 0 saturated heterocycles. The third kappa shape index (κ3) is 4.18. The average Bonchev–Trinajstić information content (AvgIpc) is 2.46. The predicted molar refractivity (Wildman–Crippen MR) is 89.5 cm³/mol. The molecule has 0 bridgehead atoms. The van der Waals surface area contributed by atoms with Crippen LogP contribution in [0.1, 0.15) is 50.7 Å². The van der Waals surface area contributed by atoms with Gasteiger partial charge < -0.3 is 5.32 Å². The molecule has 21 heavy (non-hydrogen) atoms. The molecule has 4 heteroatoms. The van der Waals surface area contributed by atoms with Crippen molar-refractivity contribution < 1.29 is 0 Å². The zero-order chi connectivity index (χ0) is 15.2. The van der Waals surface area contributed by atoms with Crippen molar-refractivity contribution in [3.63, 3.8) is 0 Å². The standard InChI is InChI=1S/C17H22ClN3/c1-4-5-6-13-7-9-14(10-8-13)21-17-15(12(2)3)16(18)19-11-20-17/h7-12H,4-6H2,1-3H3,(H,19,20,21). The van der Waals surface area contributed by atoms with Gasteiger partial charge in [-0.3, -0.25) is 0 Å². The number of aryl methyl sites for hydroxylation is 1. The number of rotatable bonds is 6. The highest BCUT2D eigenvalue weighted by Crippen LogP contribution is 2.30. The van der Waals surface area contributed by atoms with Gasteiger partial charge in [-0.05, 0) is 36.5 Å². The Balaban J connectivity index is 2.17. The Morgan fingerprint density at radius 2 is 1.86 bits per heavy atom. The Kier molecular flexibility index (Phi) is 5.57. The minimum Gasteiger partial charge on any atom is -0.340 e. The lowest BCUT2D eigenvalue weighted by molar-refractivity contribution is 0.795. The second-order valence-electron chi connectivity index (χ2n) is 5.51. The summed E-state index contributed by atoms with van der Waals surface area (Å²) in [5.74, 6) is 1.05. The fraction of sp³-hybridized carbons (Fsp3) is 0.412. The number of aromatic nitrogens is 2. The number of unbranched alkanes of at least 4 members (excludes halogenated alkanes) is 1. The lowest BCUT2D eigenvalue weighted by Gasteiger charge is -2.14. The topological polar surface area (TPSA) is 37.8 Å². The Morgan fingerprint density at radius 3 is 2.48 bits per heavy atom. The van der Waals surface area contributed by atoms with Crippen molar-refractivity contribution >= 4 is 23.1 Å². The van der Waals surface area contributed by atoms with Gasteiger partial charge in [0.15, 0.2) is 0 Å². The van der Waals surface area contributed by atoms with Gasteiger partial charge in [0.2, 0.25) is 0 Å². The van der Waals surface area contributed by atoms with Crippen LogP contribution in [0.4, 0.5) is 11.5 Å². The third-order valence-electron chi connectivity index (χ3n) is 3.45. The van der Waals surface area contributed by atoms with Gasteiger partial charge in [0.05, 0.1) is 0 Å². The molecule has 0 atom stereocenters. The molecule has 0 aliphatic rings. The Morgan fingerprint density at radius 1 is 1.14 bits per heavy atom. The number of nitrogens with zero attached hydrogens (tertiary/aromatic N) is 2. The maximum Gasteiger partial charge on any atom is 0.138 e. The van der Waals surface area contributed by atoms with Crippen LogP contribution in [-0.2, 0) is 6.42 Å². The second kappa shape index (κ2) is 7.41. The first-order valence-corrected chi connectivity index (χ1v) is 7.86. The normalized spacial score (nSPS) is 10.9. The van der Waals surface area contributed by atoms with Crippen LogP contribution in [0, 0.1) is 0 Å². The quantitative estimate of drug-likeness (QED) is 0.732. The molecule has 2 rings (SSSR count). The van der Waals surface area contributed by atoms with Crippen molar-refractivity contribution in [3.05, 3.63) is 46.9 Å². The number of anilines is 2. The van der Waals surface area contributed by atoms with E-state index in [9.17, 15) is 0 Å². The zero-order valence-corrected chi connectivity index (χ0v) is 13.6. The highest BCUT2D eigenvalue weighted by Gasteiger charge is 2.13. The minimum atomic E-state index is 0.269. The van der Waals surface area contributed by atoms with E-state index in [2.05, 4.69) is 60.3 Å². The summed E-state index contributed by atoms with van der Waals surface area (Å²) in [5, 5.41) is 3.86. The van der Waals surface area contributed by atoms with Crippen molar-refractivity contribution in [1.82, 2.24) is 9.97 Å². The Labute approximate surface area is 131 Å². The molecule has 3 nitrogen and oxygen atoms in total. The molecule has 0 spiro atoms. The molecule has 0 fully saturated rings. The second-order valence-corrected chi connectivity index (χ2v) is 5.86. The van der Waals surface area contributed by atoms with Crippen LogP contribution in [0.5, 0.6) is 0 Å². The van der Waals surface area contributed by atoms with Crippen LogP contribution < -0.4 is 5.32 Å². The Bertz CT molecular complexity index is 579. The van der Waals surface area contributed by atoms with Gasteiger partial charge in [-0.15, -0.1) is 0 Å². The van der Waals surface area contributed by atoms with Crippen molar-refractivity contribution in [2.24, 2.45) is 0 Å². The number of hydrogen-bond donors (Lipinski definition) is 1. The summed E-state index contributed by atoms with van der Waals surface area (Å²) in [4.78, 5) is 8.39. The van der Waals surface area contributed by atoms with E-state index in [1.54, 1.807) is 0 Å². The van der Waals surface area contributed by atoms with Crippen LogP contribution in [0.25, 0.3) is 0 Å². The molecule has 1 heterocycles. The van der Waals surface area contributed by atoms with Gasteiger partial charge in [-0.2, -0.15) is 0 Å². The SMILES string of the molecule is CCCCc1ccc(Nc2ncnc(Cl)c2C(C)C)cc1. The molecule has 1 aromatic heterocycles. The first-order valence-electron chi connectivity index (χ1n) is 7.48. The summed E-state index contributed by atoms with van der Waals surface area (Å²) in [6.45, 7) is 6.38. The number of halogens is 1. The van der Waals surface area contributed by atoms with E-state index in [0.29, 0.717) is 5.15 Å². The molecule has 0 radical (unpaired) electrons. The predicted octanol–water partition coefficient (Wildman–Crippen LogP) is 5.34. The molecule has 0 unspecified atom stereocenters. The number of benzene rings is 1. The molecular weight excluding hydrogens is 282 g/mol. The zero-order valence-electron chi connectivity index (χ0n) is 12.9. The average molecular weight is 304 g/mol. The number of hydrogen-bond acceptors (Lipinski definition) is 3.